The van der Waals surface area contributed by atoms with Crippen LogP contribution in [0.15, 0.2) is 67.3 Å². The Labute approximate surface area is 159 Å². The maximum atomic E-state index is 12.8. The van der Waals surface area contributed by atoms with Gasteiger partial charge < -0.3 is 17.0 Å². The van der Waals surface area contributed by atoms with Crippen LogP contribution in [-0.4, -0.2) is 10.4 Å². The third-order valence-corrected chi connectivity index (χ3v) is 3.88. The van der Waals surface area contributed by atoms with Gasteiger partial charge in [0.15, 0.2) is 5.78 Å². The van der Waals surface area contributed by atoms with Gasteiger partial charge in [0.1, 0.15) is 24.6 Å². The maximum absolute atomic E-state index is 12.8. The molecule has 1 aromatic heterocycles. The van der Waals surface area contributed by atoms with Crippen molar-refractivity contribution in [3.05, 3.63) is 83.9 Å². The topological polar surface area (TPSA) is 25.9 Å². The lowest BCUT2D eigenvalue weighted by Crippen LogP contribution is -3.00. The van der Waals surface area contributed by atoms with E-state index >= 15 is 0 Å². The van der Waals surface area contributed by atoms with Crippen molar-refractivity contribution in [2.75, 3.05) is 0 Å². The zero-order valence-corrected chi connectivity index (χ0v) is 15.5. The first-order valence-electron chi connectivity index (χ1n) is 7.67. The predicted octanol–water partition coefficient (Wildman–Crippen LogP) is 1.04. The molecule has 0 N–H and O–H groups in total. The summed E-state index contributed by atoms with van der Waals surface area (Å²) in [5.41, 5.74) is 1.43. The van der Waals surface area contributed by atoms with E-state index in [4.69, 9.17) is 0 Å². The molecule has 1 heterocycles. The summed E-state index contributed by atoms with van der Waals surface area (Å²) in [5.74, 6) is -0.00123. The minimum absolute atomic E-state index is 0. The van der Waals surface area contributed by atoms with Crippen LogP contribution in [0.25, 0.3) is 5.69 Å². The van der Waals surface area contributed by atoms with Crippen molar-refractivity contribution >= 4 is 5.78 Å². The first-order chi connectivity index (χ1) is 11.8. The highest BCUT2D eigenvalue weighted by Gasteiger charge is 2.30. The fourth-order valence-corrected chi connectivity index (χ4v) is 2.57. The van der Waals surface area contributed by atoms with E-state index in [0.717, 1.165) is 17.8 Å². The summed E-state index contributed by atoms with van der Waals surface area (Å²) in [4.78, 5) is 11.3. The van der Waals surface area contributed by atoms with E-state index in [-0.39, 0.29) is 22.8 Å². The van der Waals surface area contributed by atoms with Crippen LogP contribution < -0.4 is 21.5 Å². The molecular formula is C19H16BrF3N2O. The molecule has 7 heteroatoms. The molecule has 0 fully saturated rings. The zero-order valence-electron chi connectivity index (χ0n) is 13.9. The molecule has 0 spiro atoms. The van der Waals surface area contributed by atoms with Gasteiger partial charge in [-0.05, 0) is 48.9 Å². The molecule has 3 aromatic rings. The third kappa shape index (κ3) is 4.60. The minimum Gasteiger partial charge on any atom is -1.00 e. The number of carbonyl (C=O) groups is 1. The molecule has 0 saturated carbocycles. The number of carbonyl (C=O) groups excluding carboxylic acids is 1. The monoisotopic (exact) mass is 424 g/mol. The molecule has 0 radical (unpaired) electrons. The van der Waals surface area contributed by atoms with E-state index in [9.17, 15) is 18.0 Å². The Hall–Kier alpha value is -2.41. The van der Waals surface area contributed by atoms with E-state index in [0.29, 0.717) is 17.7 Å². The van der Waals surface area contributed by atoms with E-state index in [1.54, 1.807) is 35.3 Å². The number of benzene rings is 2. The van der Waals surface area contributed by atoms with Gasteiger partial charge in [0, 0.05) is 5.56 Å². The molecule has 0 aliphatic heterocycles. The van der Waals surface area contributed by atoms with Crippen LogP contribution in [-0.2, 0) is 12.7 Å². The quantitative estimate of drug-likeness (QED) is 0.453. The number of aromatic nitrogens is 2. The molecular weight excluding hydrogens is 409 g/mol. The molecule has 26 heavy (non-hydrogen) atoms. The van der Waals surface area contributed by atoms with E-state index < -0.39 is 11.7 Å². The Morgan fingerprint density at radius 2 is 1.81 bits per heavy atom. The highest BCUT2D eigenvalue weighted by atomic mass is 79.9. The normalized spacial score (nSPS) is 11.1. The molecule has 3 nitrogen and oxygen atoms in total. The molecule has 0 saturated heterocycles. The van der Waals surface area contributed by atoms with Gasteiger partial charge in [0.05, 0.1) is 5.56 Å². The summed E-state index contributed by atoms with van der Waals surface area (Å²) in [6, 6.07) is 12.4. The van der Waals surface area contributed by atoms with Gasteiger partial charge >= 0.3 is 6.18 Å². The Bertz CT molecular complexity index is 902. The molecule has 0 unspecified atom stereocenters. The van der Waals surface area contributed by atoms with E-state index in [1.165, 1.54) is 13.0 Å². The number of nitrogens with zero attached hydrogens (tertiary/aromatic N) is 2. The average molecular weight is 425 g/mol. The van der Waals surface area contributed by atoms with Gasteiger partial charge in [0.2, 0.25) is 6.33 Å². The average Bonchev–Trinajstić information content (AvgIpc) is 3.03. The number of rotatable bonds is 4. The number of halogens is 4. The number of alkyl halides is 3. The van der Waals surface area contributed by atoms with E-state index in [2.05, 4.69) is 0 Å². The molecule has 2 aromatic carbocycles. The predicted molar refractivity (Wildman–Crippen MR) is 86.5 cm³/mol. The van der Waals surface area contributed by atoms with Gasteiger partial charge in [-0.15, -0.1) is 0 Å². The standard InChI is InChI=1S/C19H16F3N2O.BrH/c1-14(25)16-5-7-18(8-6-16)24-10-9-23(13-24)12-15-3-2-4-17(11-15)19(20,21)22;/h2-11,13H,12H2,1H3;1H/q+1;/p-1. The van der Waals surface area contributed by atoms with E-state index in [1.807, 2.05) is 22.9 Å². The highest BCUT2D eigenvalue weighted by Crippen LogP contribution is 2.29. The molecule has 0 amide bonds. The van der Waals surface area contributed by atoms with Crippen LogP contribution in [0.3, 0.4) is 0 Å². The summed E-state index contributed by atoms with van der Waals surface area (Å²) >= 11 is 0. The largest absolute Gasteiger partial charge is 1.00 e. The van der Waals surface area contributed by atoms with Crippen molar-refractivity contribution in [2.24, 2.45) is 0 Å². The number of hydrogen-bond acceptors (Lipinski definition) is 1. The van der Waals surface area contributed by atoms with Gasteiger partial charge in [-0.1, -0.05) is 12.1 Å². The van der Waals surface area contributed by atoms with Crippen LogP contribution in [0.4, 0.5) is 13.2 Å². The Balaban J connectivity index is 0.00000243. The summed E-state index contributed by atoms with van der Waals surface area (Å²) in [6.07, 6.45) is 1.06. The molecule has 0 atom stereocenters. The fourth-order valence-electron chi connectivity index (χ4n) is 2.57. The fraction of sp³-hybridized carbons (Fsp3) is 0.158. The second kappa shape index (κ2) is 7.86. The van der Waals surface area contributed by atoms with Crippen molar-refractivity contribution in [1.82, 2.24) is 4.57 Å². The Kier molecular flexibility index (Phi) is 6.02. The molecule has 0 aliphatic rings. The summed E-state index contributed by atoms with van der Waals surface area (Å²) in [7, 11) is 0. The second-order valence-electron chi connectivity index (χ2n) is 5.79. The zero-order chi connectivity index (χ0) is 18.0. The van der Waals surface area contributed by atoms with Gasteiger partial charge in [-0.25, -0.2) is 9.13 Å². The van der Waals surface area contributed by atoms with Crippen molar-refractivity contribution in [1.29, 1.82) is 0 Å². The first-order valence-corrected chi connectivity index (χ1v) is 7.67. The highest BCUT2D eigenvalue weighted by molar-refractivity contribution is 5.94. The maximum Gasteiger partial charge on any atom is 0.416 e. The van der Waals surface area contributed by atoms with Gasteiger partial charge in [-0.3, -0.25) is 4.79 Å². The van der Waals surface area contributed by atoms with Crippen molar-refractivity contribution < 1.29 is 39.5 Å². The summed E-state index contributed by atoms with van der Waals surface area (Å²) < 4.78 is 42.0. The van der Waals surface area contributed by atoms with Crippen LogP contribution >= 0.6 is 0 Å². The number of hydrogen-bond donors (Lipinski definition) is 0. The van der Waals surface area contributed by atoms with Gasteiger partial charge in [-0.2, -0.15) is 13.2 Å². The first kappa shape index (κ1) is 19.9. The number of imidazole rings is 1. The van der Waals surface area contributed by atoms with Crippen LogP contribution in [0, 0.1) is 0 Å². The lowest BCUT2D eigenvalue weighted by atomic mass is 10.1. The lowest BCUT2D eigenvalue weighted by Gasteiger charge is -2.07. The van der Waals surface area contributed by atoms with Crippen LogP contribution in [0.1, 0.15) is 28.4 Å². The minimum atomic E-state index is -4.34. The summed E-state index contributed by atoms with van der Waals surface area (Å²) in [6.45, 7) is 1.84. The SMILES string of the molecule is CC(=O)c1ccc(-n2cc[n+](Cc3cccc(C(F)(F)F)c3)c2)cc1.[Br-]. The van der Waals surface area contributed by atoms with Crippen molar-refractivity contribution in [3.63, 3.8) is 0 Å². The van der Waals surface area contributed by atoms with Crippen molar-refractivity contribution in [3.8, 4) is 5.69 Å². The van der Waals surface area contributed by atoms with Crippen molar-refractivity contribution in [2.45, 2.75) is 19.6 Å². The van der Waals surface area contributed by atoms with Crippen LogP contribution in [0.2, 0.25) is 0 Å². The third-order valence-electron chi connectivity index (χ3n) is 3.88. The summed E-state index contributed by atoms with van der Waals surface area (Å²) in [5, 5.41) is 0. The molecule has 136 valence electrons. The second-order valence-corrected chi connectivity index (χ2v) is 5.79. The molecule has 3 rings (SSSR count). The number of ketones is 1. The number of Topliss-reactive ketones (excluding diaryl/α,β-unsaturated/α-hetero) is 1. The smallest absolute Gasteiger partial charge is 0.416 e. The molecule has 0 aliphatic carbocycles. The Morgan fingerprint density at radius 1 is 1.12 bits per heavy atom. The van der Waals surface area contributed by atoms with Crippen LogP contribution in [0.5, 0.6) is 0 Å². The lowest BCUT2D eigenvalue weighted by molar-refractivity contribution is -0.687. The van der Waals surface area contributed by atoms with Gasteiger partial charge in [0.25, 0.3) is 0 Å². The molecule has 0 bridgehead atoms. The Morgan fingerprint density at radius 3 is 2.42 bits per heavy atom.